The van der Waals surface area contributed by atoms with Gasteiger partial charge in [0.15, 0.2) is 5.75 Å². The number of rotatable bonds is 3. The predicted molar refractivity (Wildman–Crippen MR) is 101 cm³/mol. The minimum Gasteiger partial charge on any atom is -0.375 e. The van der Waals surface area contributed by atoms with E-state index in [0.29, 0.717) is 5.69 Å². The van der Waals surface area contributed by atoms with Crippen molar-refractivity contribution in [2.75, 3.05) is 0 Å². The molecule has 7 nitrogen and oxygen atoms in total. The quantitative estimate of drug-likeness (QED) is 0.357. The van der Waals surface area contributed by atoms with Gasteiger partial charge < -0.3 is 4.18 Å². The Morgan fingerprint density at radius 2 is 1.83 bits per heavy atom. The predicted octanol–water partition coefficient (Wildman–Crippen LogP) is 3.53. The maximum absolute atomic E-state index is 13.0. The number of halogens is 3. The van der Waals surface area contributed by atoms with Crippen molar-refractivity contribution in [2.45, 2.75) is 12.4 Å². The summed E-state index contributed by atoms with van der Waals surface area (Å²) in [4.78, 5) is 21.5. The van der Waals surface area contributed by atoms with Gasteiger partial charge in [0, 0.05) is 12.3 Å². The molecule has 0 aliphatic rings. The smallest absolute Gasteiger partial charge is 0.375 e. The number of thiophene rings is 1. The first-order valence-electron chi connectivity index (χ1n) is 7.97. The van der Waals surface area contributed by atoms with Crippen molar-refractivity contribution < 1.29 is 25.8 Å². The van der Waals surface area contributed by atoms with Crippen LogP contribution in [0, 0.1) is 6.92 Å². The van der Waals surface area contributed by atoms with Crippen LogP contribution in [0.1, 0.15) is 5.82 Å². The number of alkyl halides is 3. The van der Waals surface area contributed by atoms with Crippen LogP contribution in [0.2, 0.25) is 0 Å². The minimum absolute atomic E-state index is 0.0279. The third kappa shape index (κ3) is 3.13. The summed E-state index contributed by atoms with van der Waals surface area (Å²) in [7, 11) is -5.89. The van der Waals surface area contributed by atoms with Gasteiger partial charge in [-0.15, -0.1) is 11.3 Å². The normalized spacial score (nSPS) is 12.6. The average molecular weight is 441 g/mol. The highest BCUT2D eigenvalue weighted by Gasteiger charge is 2.48. The van der Waals surface area contributed by atoms with Gasteiger partial charge in [-0.25, -0.2) is 9.97 Å². The maximum Gasteiger partial charge on any atom is 0.534 e. The number of aryl methyl sites for hydroxylation is 1. The van der Waals surface area contributed by atoms with Crippen molar-refractivity contribution in [3.05, 3.63) is 58.8 Å². The van der Waals surface area contributed by atoms with Gasteiger partial charge in [-0.3, -0.25) is 9.36 Å². The Kier molecular flexibility index (Phi) is 4.35. The fourth-order valence-corrected chi connectivity index (χ4v) is 4.31. The van der Waals surface area contributed by atoms with E-state index in [1.165, 1.54) is 4.57 Å². The third-order valence-corrected chi connectivity index (χ3v) is 6.06. The van der Waals surface area contributed by atoms with Crippen molar-refractivity contribution in [2.24, 2.45) is 0 Å². The number of fused-ring (bicyclic) bond motifs is 3. The summed E-state index contributed by atoms with van der Waals surface area (Å²) in [6.07, 6.45) is 1.10. The molecule has 12 heteroatoms. The molecule has 29 heavy (non-hydrogen) atoms. The fraction of sp³-hybridized carbons (Fsp3) is 0.118. The second-order valence-corrected chi connectivity index (χ2v) is 8.42. The van der Waals surface area contributed by atoms with E-state index in [2.05, 4.69) is 14.2 Å². The zero-order chi connectivity index (χ0) is 21.0. The summed E-state index contributed by atoms with van der Waals surface area (Å²) in [6, 6.07) is 9.66. The molecule has 0 unspecified atom stereocenters. The lowest BCUT2D eigenvalue weighted by molar-refractivity contribution is -0.0499. The van der Waals surface area contributed by atoms with Crippen molar-refractivity contribution >= 4 is 41.9 Å². The Bertz CT molecular complexity index is 1410. The molecule has 150 valence electrons. The van der Waals surface area contributed by atoms with Crippen LogP contribution in [0.4, 0.5) is 13.2 Å². The molecule has 3 aromatic heterocycles. The molecule has 4 rings (SSSR count). The second kappa shape index (κ2) is 6.52. The highest BCUT2D eigenvalue weighted by atomic mass is 32.2. The first-order valence-corrected chi connectivity index (χ1v) is 10.2. The summed E-state index contributed by atoms with van der Waals surface area (Å²) in [5.41, 5.74) is -5.46. The van der Waals surface area contributed by atoms with Gasteiger partial charge in [0.1, 0.15) is 20.9 Å². The monoisotopic (exact) mass is 441 g/mol. The molecule has 1 aromatic carbocycles. The van der Waals surface area contributed by atoms with Crippen LogP contribution in [0.25, 0.3) is 26.1 Å². The summed E-state index contributed by atoms with van der Waals surface area (Å²) in [5, 5.41) is -0.0688. The van der Waals surface area contributed by atoms with Gasteiger partial charge in [-0.05, 0) is 19.1 Å². The Morgan fingerprint density at radius 1 is 1.14 bits per heavy atom. The Labute approximate surface area is 165 Å². The molecule has 0 bridgehead atoms. The zero-order valence-electron chi connectivity index (χ0n) is 14.5. The molecule has 0 radical (unpaired) electrons. The van der Waals surface area contributed by atoms with Crippen molar-refractivity contribution in [3.8, 4) is 11.4 Å². The molecule has 0 spiro atoms. The van der Waals surface area contributed by atoms with Crippen molar-refractivity contribution in [1.82, 2.24) is 14.5 Å². The Morgan fingerprint density at radius 3 is 2.48 bits per heavy atom. The zero-order valence-corrected chi connectivity index (χ0v) is 16.1. The maximum atomic E-state index is 13.0. The van der Waals surface area contributed by atoms with E-state index in [1.54, 1.807) is 37.3 Å². The van der Waals surface area contributed by atoms with Crippen LogP contribution in [-0.2, 0) is 10.1 Å². The SMILES string of the molecule is Cc1nc2c(sc3nccc(OS(=O)(=O)C(F)(F)F)c32)c(=O)n1-c1ccccc1. The van der Waals surface area contributed by atoms with Crippen LogP contribution in [0.5, 0.6) is 5.75 Å². The Balaban J connectivity index is 2.01. The number of hydrogen-bond acceptors (Lipinski definition) is 7. The molecule has 4 aromatic rings. The van der Waals surface area contributed by atoms with E-state index < -0.39 is 26.9 Å². The molecule has 0 saturated carbocycles. The van der Waals surface area contributed by atoms with E-state index in [9.17, 15) is 26.4 Å². The molecule has 0 aliphatic heterocycles. The molecule has 3 heterocycles. The molecular formula is C17H10F3N3O4S2. The van der Waals surface area contributed by atoms with Gasteiger partial charge in [-0.2, -0.15) is 21.6 Å². The largest absolute Gasteiger partial charge is 0.534 e. The number of benzene rings is 1. The van der Waals surface area contributed by atoms with Crippen LogP contribution in [0.15, 0.2) is 47.4 Å². The van der Waals surface area contributed by atoms with E-state index in [-0.39, 0.29) is 26.3 Å². The average Bonchev–Trinajstić information content (AvgIpc) is 3.01. The molecule has 0 N–H and O–H groups in total. The van der Waals surface area contributed by atoms with Gasteiger partial charge in [0.25, 0.3) is 5.56 Å². The standard InChI is InChI=1S/C17H10F3N3O4S2/c1-9-22-13-12-11(27-29(25,26)17(18,19)20)7-8-21-15(12)28-14(13)16(24)23(9)10-5-3-2-4-6-10/h2-8H,1H3. The van der Waals surface area contributed by atoms with E-state index in [1.807, 2.05) is 0 Å². The summed E-state index contributed by atoms with van der Waals surface area (Å²) in [6.45, 7) is 1.56. The molecular weight excluding hydrogens is 431 g/mol. The molecule has 0 saturated heterocycles. The molecule has 0 aliphatic carbocycles. The van der Waals surface area contributed by atoms with Crippen LogP contribution in [0.3, 0.4) is 0 Å². The van der Waals surface area contributed by atoms with Crippen LogP contribution >= 0.6 is 11.3 Å². The molecule has 0 atom stereocenters. The third-order valence-electron chi connectivity index (χ3n) is 4.02. The highest BCUT2D eigenvalue weighted by molar-refractivity contribution is 7.88. The fourth-order valence-electron chi connectivity index (χ4n) is 2.81. The topological polar surface area (TPSA) is 91.2 Å². The summed E-state index contributed by atoms with van der Waals surface area (Å²) >= 11 is 0.890. The van der Waals surface area contributed by atoms with Gasteiger partial charge >= 0.3 is 15.6 Å². The number of aromatic nitrogens is 3. The number of pyridine rings is 1. The lowest BCUT2D eigenvalue weighted by Gasteiger charge is -2.11. The van der Waals surface area contributed by atoms with E-state index >= 15 is 0 Å². The van der Waals surface area contributed by atoms with Crippen LogP contribution in [-0.4, -0.2) is 28.5 Å². The van der Waals surface area contributed by atoms with Crippen molar-refractivity contribution in [3.63, 3.8) is 0 Å². The summed E-state index contributed by atoms with van der Waals surface area (Å²) in [5.74, 6) is -0.329. The first-order chi connectivity index (χ1) is 13.6. The number of hydrogen-bond donors (Lipinski definition) is 0. The lowest BCUT2D eigenvalue weighted by Crippen LogP contribution is -2.28. The van der Waals surface area contributed by atoms with Gasteiger partial charge in [0.05, 0.1) is 11.1 Å². The molecule has 0 amide bonds. The number of para-hydroxylation sites is 1. The number of nitrogens with zero attached hydrogens (tertiary/aromatic N) is 3. The second-order valence-electron chi connectivity index (χ2n) is 5.89. The van der Waals surface area contributed by atoms with E-state index in [4.69, 9.17) is 0 Å². The van der Waals surface area contributed by atoms with Gasteiger partial charge in [-0.1, -0.05) is 18.2 Å². The van der Waals surface area contributed by atoms with Gasteiger partial charge in [0.2, 0.25) is 0 Å². The van der Waals surface area contributed by atoms with E-state index in [0.717, 1.165) is 23.6 Å². The minimum atomic E-state index is -5.89. The van der Waals surface area contributed by atoms with Crippen LogP contribution < -0.4 is 9.74 Å². The molecule has 0 fully saturated rings. The Hall–Kier alpha value is -2.99. The summed E-state index contributed by atoms with van der Waals surface area (Å²) < 4.78 is 66.9. The first kappa shape index (κ1) is 19.3. The highest BCUT2D eigenvalue weighted by Crippen LogP contribution is 2.38. The van der Waals surface area contributed by atoms with Crippen molar-refractivity contribution in [1.29, 1.82) is 0 Å². The lowest BCUT2D eigenvalue weighted by atomic mass is 10.2.